The molecule has 2 rings (SSSR count). The fourth-order valence-corrected chi connectivity index (χ4v) is 1.96. The lowest BCUT2D eigenvalue weighted by Gasteiger charge is -2.06. The van der Waals surface area contributed by atoms with Gasteiger partial charge in [0, 0.05) is 0 Å². The second kappa shape index (κ2) is 5.00. The van der Waals surface area contributed by atoms with Gasteiger partial charge in [-0.15, -0.1) is 5.10 Å². The van der Waals surface area contributed by atoms with Crippen LogP contribution in [-0.4, -0.2) is 26.1 Å². The number of aryl methyl sites for hydroxylation is 1. The molecule has 1 N–H and O–H groups in total. The van der Waals surface area contributed by atoms with Gasteiger partial charge >= 0.3 is 5.97 Å². The first-order chi connectivity index (χ1) is 8.61. The molecule has 1 aromatic carbocycles. The molecule has 0 aliphatic carbocycles. The van der Waals surface area contributed by atoms with Crippen molar-refractivity contribution in [3.8, 4) is 0 Å². The fraction of sp³-hybridized carbons (Fsp3) is 0.308. The van der Waals surface area contributed by atoms with Crippen molar-refractivity contribution in [2.75, 3.05) is 0 Å². The zero-order chi connectivity index (χ0) is 13.1. The van der Waals surface area contributed by atoms with Crippen LogP contribution in [0.15, 0.2) is 24.3 Å². The van der Waals surface area contributed by atoms with Gasteiger partial charge in [-0.05, 0) is 18.9 Å². The van der Waals surface area contributed by atoms with E-state index in [1.54, 1.807) is 4.68 Å². The van der Waals surface area contributed by atoms with Gasteiger partial charge in [-0.2, -0.15) is 0 Å². The first-order valence-corrected chi connectivity index (χ1v) is 5.83. The van der Waals surface area contributed by atoms with Gasteiger partial charge in [-0.1, -0.05) is 42.0 Å². The first-order valence-electron chi connectivity index (χ1n) is 5.83. The lowest BCUT2D eigenvalue weighted by atomic mass is 10.1. The van der Waals surface area contributed by atoms with Gasteiger partial charge in [-0.25, -0.2) is 9.48 Å². The van der Waals surface area contributed by atoms with Crippen molar-refractivity contribution in [1.82, 2.24) is 15.0 Å². The van der Waals surface area contributed by atoms with Crippen LogP contribution in [0.25, 0.3) is 0 Å². The van der Waals surface area contributed by atoms with Gasteiger partial charge in [-0.3, -0.25) is 0 Å². The summed E-state index contributed by atoms with van der Waals surface area (Å²) in [5, 5.41) is 16.6. The second-order valence-corrected chi connectivity index (χ2v) is 4.19. The van der Waals surface area contributed by atoms with E-state index in [1.807, 2.05) is 32.0 Å². The topological polar surface area (TPSA) is 68.0 Å². The Bertz CT molecular complexity index is 575. The predicted octanol–water partition coefficient (Wildman–Crippen LogP) is 1.90. The summed E-state index contributed by atoms with van der Waals surface area (Å²) in [6.45, 7) is 4.47. The van der Waals surface area contributed by atoms with E-state index in [2.05, 4.69) is 16.4 Å². The molecule has 94 valence electrons. The minimum absolute atomic E-state index is 0.0464. The summed E-state index contributed by atoms with van der Waals surface area (Å²) in [6.07, 6.45) is 0.598. The van der Waals surface area contributed by atoms with E-state index in [0.717, 1.165) is 5.56 Å². The summed E-state index contributed by atoms with van der Waals surface area (Å²) in [5.74, 6) is -1.03. The Kier molecular flexibility index (Phi) is 3.41. The number of aromatic carboxylic acids is 1. The molecule has 0 aliphatic rings. The first kappa shape index (κ1) is 12.3. The minimum atomic E-state index is -1.03. The minimum Gasteiger partial charge on any atom is -0.476 e. The van der Waals surface area contributed by atoms with Crippen molar-refractivity contribution in [1.29, 1.82) is 0 Å². The van der Waals surface area contributed by atoms with Gasteiger partial charge < -0.3 is 5.11 Å². The summed E-state index contributed by atoms with van der Waals surface area (Å²) in [5.41, 5.74) is 2.96. The molecule has 0 aliphatic heterocycles. The van der Waals surface area contributed by atoms with E-state index in [4.69, 9.17) is 5.11 Å². The van der Waals surface area contributed by atoms with Crippen molar-refractivity contribution >= 4 is 5.97 Å². The van der Waals surface area contributed by atoms with Crippen molar-refractivity contribution in [3.05, 3.63) is 46.8 Å². The van der Waals surface area contributed by atoms with E-state index >= 15 is 0 Å². The van der Waals surface area contributed by atoms with Crippen LogP contribution < -0.4 is 0 Å². The smallest absolute Gasteiger partial charge is 0.358 e. The maximum absolute atomic E-state index is 11.0. The van der Waals surface area contributed by atoms with Crippen molar-refractivity contribution in [2.24, 2.45) is 0 Å². The molecular formula is C13H15N3O2. The number of benzene rings is 1. The fourth-order valence-electron chi connectivity index (χ4n) is 1.96. The van der Waals surface area contributed by atoms with Crippen LogP contribution in [0, 0.1) is 6.92 Å². The molecule has 0 atom stereocenters. The Labute approximate surface area is 105 Å². The SMILES string of the molecule is CCc1c(C(=O)O)nnn1Cc1cccc(C)c1. The van der Waals surface area contributed by atoms with E-state index < -0.39 is 5.97 Å². The number of rotatable bonds is 4. The molecule has 1 aromatic heterocycles. The summed E-state index contributed by atoms with van der Waals surface area (Å²) in [7, 11) is 0. The van der Waals surface area contributed by atoms with Gasteiger partial charge in [0.2, 0.25) is 0 Å². The third-order valence-electron chi connectivity index (χ3n) is 2.79. The van der Waals surface area contributed by atoms with Crippen LogP contribution in [-0.2, 0) is 13.0 Å². The van der Waals surface area contributed by atoms with Crippen LogP contribution >= 0.6 is 0 Å². The monoisotopic (exact) mass is 245 g/mol. The number of carbonyl (C=O) groups is 1. The van der Waals surface area contributed by atoms with Crippen LogP contribution in [0.5, 0.6) is 0 Å². The number of carboxylic acids is 1. The summed E-state index contributed by atoms with van der Waals surface area (Å²) >= 11 is 0. The lowest BCUT2D eigenvalue weighted by molar-refractivity contribution is 0.0689. The average molecular weight is 245 g/mol. The number of nitrogens with zero attached hydrogens (tertiary/aromatic N) is 3. The highest BCUT2D eigenvalue weighted by Gasteiger charge is 2.17. The Morgan fingerprint density at radius 2 is 2.22 bits per heavy atom. The van der Waals surface area contributed by atoms with Crippen LogP contribution in [0.2, 0.25) is 0 Å². The average Bonchev–Trinajstić information content (AvgIpc) is 2.72. The third kappa shape index (κ3) is 2.40. The predicted molar refractivity (Wildman–Crippen MR) is 66.6 cm³/mol. The number of carboxylic acid groups (broad SMARTS) is 1. The van der Waals surface area contributed by atoms with Crippen molar-refractivity contribution < 1.29 is 9.90 Å². The molecular weight excluding hydrogens is 230 g/mol. The standard InChI is InChI=1S/C13H15N3O2/c1-3-11-12(13(17)18)14-15-16(11)8-10-6-4-5-9(2)7-10/h4-7H,3,8H2,1-2H3,(H,17,18). The third-order valence-corrected chi connectivity index (χ3v) is 2.79. The van der Waals surface area contributed by atoms with E-state index in [9.17, 15) is 4.79 Å². The van der Waals surface area contributed by atoms with Crippen molar-refractivity contribution in [3.63, 3.8) is 0 Å². The number of hydrogen-bond donors (Lipinski definition) is 1. The molecule has 0 amide bonds. The van der Waals surface area contributed by atoms with Gasteiger partial charge in [0.1, 0.15) is 0 Å². The molecule has 0 unspecified atom stereocenters. The number of hydrogen-bond acceptors (Lipinski definition) is 3. The van der Waals surface area contributed by atoms with Crippen LogP contribution in [0.1, 0.15) is 34.2 Å². The quantitative estimate of drug-likeness (QED) is 0.893. The normalized spacial score (nSPS) is 10.6. The maximum Gasteiger partial charge on any atom is 0.358 e. The van der Waals surface area contributed by atoms with E-state index in [-0.39, 0.29) is 5.69 Å². The van der Waals surface area contributed by atoms with Gasteiger partial charge in [0.25, 0.3) is 0 Å². The molecule has 0 radical (unpaired) electrons. The van der Waals surface area contributed by atoms with Crippen LogP contribution in [0.4, 0.5) is 0 Å². The molecule has 18 heavy (non-hydrogen) atoms. The van der Waals surface area contributed by atoms with E-state index in [0.29, 0.717) is 18.7 Å². The zero-order valence-electron chi connectivity index (χ0n) is 10.4. The molecule has 2 aromatic rings. The lowest BCUT2D eigenvalue weighted by Crippen LogP contribution is -2.08. The Hall–Kier alpha value is -2.17. The molecule has 5 heteroatoms. The Morgan fingerprint density at radius 1 is 1.44 bits per heavy atom. The second-order valence-electron chi connectivity index (χ2n) is 4.19. The Balaban J connectivity index is 2.32. The Morgan fingerprint density at radius 3 is 2.83 bits per heavy atom. The number of aromatic nitrogens is 3. The summed E-state index contributed by atoms with van der Waals surface area (Å²) in [6, 6.07) is 8.05. The molecule has 0 spiro atoms. The maximum atomic E-state index is 11.0. The molecule has 5 nitrogen and oxygen atoms in total. The highest BCUT2D eigenvalue weighted by atomic mass is 16.4. The summed E-state index contributed by atoms with van der Waals surface area (Å²) in [4.78, 5) is 11.0. The van der Waals surface area contributed by atoms with Gasteiger partial charge in [0.15, 0.2) is 5.69 Å². The van der Waals surface area contributed by atoms with E-state index in [1.165, 1.54) is 5.56 Å². The molecule has 0 bridgehead atoms. The molecule has 0 saturated heterocycles. The molecule has 1 heterocycles. The highest BCUT2D eigenvalue weighted by Crippen LogP contribution is 2.11. The largest absolute Gasteiger partial charge is 0.476 e. The molecule has 0 fully saturated rings. The van der Waals surface area contributed by atoms with Crippen molar-refractivity contribution in [2.45, 2.75) is 26.8 Å². The zero-order valence-corrected chi connectivity index (χ0v) is 10.4. The van der Waals surface area contributed by atoms with Crippen LogP contribution in [0.3, 0.4) is 0 Å². The summed E-state index contributed by atoms with van der Waals surface area (Å²) < 4.78 is 1.65. The van der Waals surface area contributed by atoms with Gasteiger partial charge in [0.05, 0.1) is 12.2 Å². The molecule has 0 saturated carbocycles. The highest BCUT2D eigenvalue weighted by molar-refractivity contribution is 5.86.